The van der Waals surface area contributed by atoms with Crippen LogP contribution in [0.3, 0.4) is 0 Å². The van der Waals surface area contributed by atoms with E-state index < -0.39 is 0 Å². The van der Waals surface area contributed by atoms with Gasteiger partial charge in [0.15, 0.2) is 5.58 Å². The van der Waals surface area contributed by atoms with Gasteiger partial charge in [-0.15, -0.1) is 12.6 Å². The lowest BCUT2D eigenvalue weighted by Crippen LogP contribution is -1.77. The predicted molar refractivity (Wildman–Crippen MR) is 50.6 cm³/mol. The van der Waals surface area contributed by atoms with Crippen molar-refractivity contribution in [3.63, 3.8) is 0 Å². The number of oxazole rings is 1. The molecule has 2 aromatic rings. The van der Waals surface area contributed by atoms with E-state index in [1.807, 2.05) is 24.3 Å². The first kappa shape index (κ1) is 8.14. The van der Waals surface area contributed by atoms with Gasteiger partial charge in [-0.25, -0.2) is 4.98 Å². The molecule has 0 unspecified atom stereocenters. The standard InChI is InChI=1S/C9H6N2OS/c10-5-4-8-11-6-2-1-3-7(13)9(6)12-8/h1-3,13H,4H2. The summed E-state index contributed by atoms with van der Waals surface area (Å²) in [6.45, 7) is 0. The van der Waals surface area contributed by atoms with Gasteiger partial charge in [-0.1, -0.05) is 6.07 Å². The number of para-hydroxylation sites is 1. The molecule has 0 N–H and O–H groups in total. The van der Waals surface area contributed by atoms with Crippen molar-refractivity contribution in [2.75, 3.05) is 0 Å². The second-order valence-corrected chi connectivity index (χ2v) is 3.05. The average molecular weight is 190 g/mol. The quantitative estimate of drug-likeness (QED) is 0.701. The van der Waals surface area contributed by atoms with E-state index in [9.17, 15) is 0 Å². The molecule has 1 aromatic carbocycles. The average Bonchev–Trinajstić information content (AvgIpc) is 2.49. The van der Waals surface area contributed by atoms with Crippen LogP contribution in [0.25, 0.3) is 11.1 Å². The molecule has 0 aliphatic rings. The van der Waals surface area contributed by atoms with Gasteiger partial charge in [0.2, 0.25) is 5.89 Å². The number of hydrogen-bond donors (Lipinski definition) is 1. The lowest BCUT2D eigenvalue weighted by molar-refractivity contribution is 0.543. The molecule has 0 atom stereocenters. The molecule has 1 aromatic heterocycles. The Morgan fingerprint density at radius 3 is 3.08 bits per heavy atom. The number of hydrogen-bond acceptors (Lipinski definition) is 4. The fourth-order valence-corrected chi connectivity index (χ4v) is 1.37. The minimum atomic E-state index is 0.196. The fourth-order valence-electron chi connectivity index (χ4n) is 1.12. The van der Waals surface area contributed by atoms with Crippen LogP contribution in [-0.4, -0.2) is 4.98 Å². The van der Waals surface area contributed by atoms with Crippen LogP contribution in [0, 0.1) is 11.3 Å². The number of nitrogens with zero attached hydrogens (tertiary/aromatic N) is 2. The topological polar surface area (TPSA) is 49.8 Å². The Morgan fingerprint density at radius 1 is 1.54 bits per heavy atom. The summed E-state index contributed by atoms with van der Waals surface area (Å²) in [5.74, 6) is 0.444. The number of rotatable bonds is 1. The summed E-state index contributed by atoms with van der Waals surface area (Å²) in [5, 5.41) is 8.45. The lowest BCUT2D eigenvalue weighted by Gasteiger charge is -1.88. The van der Waals surface area contributed by atoms with E-state index in [1.165, 1.54) is 0 Å². The minimum absolute atomic E-state index is 0.196. The molecule has 0 saturated carbocycles. The number of aromatic nitrogens is 1. The summed E-state index contributed by atoms with van der Waals surface area (Å²) < 4.78 is 5.33. The van der Waals surface area contributed by atoms with Gasteiger partial charge in [0.1, 0.15) is 11.9 Å². The number of fused-ring (bicyclic) bond motifs is 1. The van der Waals surface area contributed by atoms with Gasteiger partial charge < -0.3 is 4.42 Å². The Kier molecular flexibility index (Phi) is 1.95. The van der Waals surface area contributed by atoms with E-state index in [2.05, 4.69) is 17.6 Å². The smallest absolute Gasteiger partial charge is 0.209 e. The molecule has 2 rings (SSSR count). The van der Waals surface area contributed by atoms with Crippen LogP contribution in [0.4, 0.5) is 0 Å². The van der Waals surface area contributed by atoms with Crippen LogP contribution in [0.15, 0.2) is 27.5 Å². The summed E-state index contributed by atoms with van der Waals surface area (Å²) in [5.41, 5.74) is 1.40. The maximum atomic E-state index is 8.45. The van der Waals surface area contributed by atoms with Gasteiger partial charge in [0.05, 0.1) is 6.07 Å². The molecule has 4 heteroatoms. The minimum Gasteiger partial charge on any atom is -0.438 e. The zero-order chi connectivity index (χ0) is 9.26. The monoisotopic (exact) mass is 190 g/mol. The first-order valence-corrected chi connectivity index (χ1v) is 4.20. The zero-order valence-corrected chi connectivity index (χ0v) is 7.58. The highest BCUT2D eigenvalue weighted by Gasteiger charge is 2.06. The Labute approximate surface area is 80.4 Å². The largest absolute Gasteiger partial charge is 0.438 e. The van der Waals surface area contributed by atoms with Gasteiger partial charge in [-0.3, -0.25) is 0 Å². The molecule has 0 aliphatic heterocycles. The third-order valence-electron chi connectivity index (χ3n) is 1.67. The molecule has 1 heterocycles. The van der Waals surface area contributed by atoms with Crippen molar-refractivity contribution in [2.45, 2.75) is 11.3 Å². The van der Waals surface area contributed by atoms with E-state index in [0.717, 1.165) is 10.4 Å². The highest BCUT2D eigenvalue weighted by atomic mass is 32.1. The van der Waals surface area contributed by atoms with Crippen molar-refractivity contribution in [2.24, 2.45) is 0 Å². The Hall–Kier alpha value is -1.47. The summed E-state index contributed by atoms with van der Waals surface area (Å²) in [4.78, 5) is 4.87. The van der Waals surface area contributed by atoms with Crippen LogP contribution in [-0.2, 0) is 6.42 Å². The van der Waals surface area contributed by atoms with E-state index >= 15 is 0 Å². The molecule has 0 spiro atoms. The van der Waals surface area contributed by atoms with Crippen molar-refractivity contribution in [1.29, 1.82) is 5.26 Å². The maximum Gasteiger partial charge on any atom is 0.209 e. The van der Waals surface area contributed by atoms with Crippen LogP contribution in [0.1, 0.15) is 5.89 Å². The van der Waals surface area contributed by atoms with Crippen molar-refractivity contribution in [3.8, 4) is 6.07 Å². The van der Waals surface area contributed by atoms with Gasteiger partial charge in [0, 0.05) is 4.90 Å². The summed E-state index contributed by atoms with van der Waals surface area (Å²) in [6, 6.07) is 7.49. The second-order valence-electron chi connectivity index (χ2n) is 2.57. The predicted octanol–water partition coefficient (Wildman–Crippen LogP) is 2.18. The van der Waals surface area contributed by atoms with Crippen molar-refractivity contribution < 1.29 is 4.42 Å². The molecular formula is C9H6N2OS. The molecule has 3 nitrogen and oxygen atoms in total. The Balaban J connectivity index is 2.63. The molecule has 0 bridgehead atoms. The highest BCUT2D eigenvalue weighted by molar-refractivity contribution is 7.80. The SMILES string of the molecule is N#CCc1nc2cccc(S)c2o1. The summed E-state index contributed by atoms with van der Waals surface area (Å²) in [6.07, 6.45) is 0.196. The first-order valence-electron chi connectivity index (χ1n) is 3.75. The van der Waals surface area contributed by atoms with Crippen LogP contribution < -0.4 is 0 Å². The molecule has 0 fully saturated rings. The van der Waals surface area contributed by atoms with Gasteiger partial charge in [-0.2, -0.15) is 5.26 Å². The van der Waals surface area contributed by atoms with Crippen LogP contribution in [0.2, 0.25) is 0 Å². The second kappa shape index (κ2) is 3.11. The van der Waals surface area contributed by atoms with Gasteiger partial charge in [-0.05, 0) is 12.1 Å². The summed E-state index contributed by atoms with van der Waals surface area (Å²) in [7, 11) is 0. The molecule has 64 valence electrons. The number of nitriles is 1. The lowest BCUT2D eigenvalue weighted by atomic mass is 10.3. The third kappa shape index (κ3) is 1.38. The highest BCUT2D eigenvalue weighted by Crippen LogP contribution is 2.22. The normalized spacial score (nSPS) is 10.2. The third-order valence-corrected chi connectivity index (χ3v) is 2.02. The first-order chi connectivity index (χ1) is 6.31. The molecule has 0 saturated heterocycles. The van der Waals surface area contributed by atoms with E-state index in [-0.39, 0.29) is 6.42 Å². The molecular weight excluding hydrogens is 184 g/mol. The fraction of sp³-hybridized carbons (Fsp3) is 0.111. The number of benzene rings is 1. The molecule has 0 aliphatic carbocycles. The molecule has 13 heavy (non-hydrogen) atoms. The zero-order valence-electron chi connectivity index (χ0n) is 6.69. The van der Waals surface area contributed by atoms with Crippen LogP contribution >= 0.6 is 12.6 Å². The molecule has 0 amide bonds. The number of thiol groups is 1. The van der Waals surface area contributed by atoms with Crippen LogP contribution in [0.5, 0.6) is 0 Å². The van der Waals surface area contributed by atoms with Crippen molar-refractivity contribution in [3.05, 3.63) is 24.1 Å². The van der Waals surface area contributed by atoms with E-state index in [4.69, 9.17) is 9.68 Å². The molecule has 0 radical (unpaired) electrons. The van der Waals surface area contributed by atoms with Crippen molar-refractivity contribution >= 4 is 23.7 Å². The van der Waals surface area contributed by atoms with Gasteiger partial charge >= 0.3 is 0 Å². The Morgan fingerprint density at radius 2 is 2.38 bits per heavy atom. The van der Waals surface area contributed by atoms with Gasteiger partial charge in [0.25, 0.3) is 0 Å². The van der Waals surface area contributed by atoms with Crippen molar-refractivity contribution in [1.82, 2.24) is 4.98 Å². The summed E-state index contributed by atoms with van der Waals surface area (Å²) >= 11 is 4.22. The maximum absolute atomic E-state index is 8.45. The van der Waals surface area contributed by atoms with E-state index in [1.54, 1.807) is 0 Å². The van der Waals surface area contributed by atoms with E-state index in [0.29, 0.717) is 11.5 Å². The Bertz CT molecular complexity index is 484.